The first-order valence-corrected chi connectivity index (χ1v) is 11.1. The second-order valence-electron chi connectivity index (χ2n) is 6.68. The van der Waals surface area contributed by atoms with E-state index in [0.29, 0.717) is 19.5 Å². The second-order valence-corrected chi connectivity index (χ2v) is 8.77. The molecule has 2 N–H and O–H groups in total. The van der Waals surface area contributed by atoms with Crippen molar-refractivity contribution in [3.05, 3.63) is 35.4 Å². The summed E-state index contributed by atoms with van der Waals surface area (Å²) in [6.07, 6.45) is 3.27. The van der Waals surface area contributed by atoms with E-state index in [2.05, 4.69) is 46.8 Å². The first-order chi connectivity index (χ1) is 12.5. The zero-order valence-corrected chi connectivity index (χ0v) is 19.7. The number of hydrogen-bond acceptors (Lipinski definition) is 3. The van der Waals surface area contributed by atoms with Crippen LogP contribution in [-0.2, 0) is 23.0 Å². The highest BCUT2D eigenvalue weighted by Crippen LogP contribution is 2.15. The fraction of sp³-hybridized carbons (Fsp3) is 0.632. The number of nitrogens with one attached hydrogen (secondary N) is 2. The van der Waals surface area contributed by atoms with Gasteiger partial charge in [0.25, 0.3) is 0 Å². The molecular formula is C19H33IN4O2S. The quantitative estimate of drug-likeness (QED) is 0.338. The molecular weight excluding hydrogens is 475 g/mol. The molecule has 0 bridgehead atoms. The van der Waals surface area contributed by atoms with Crippen LogP contribution in [0.1, 0.15) is 44.2 Å². The Morgan fingerprint density at radius 2 is 1.81 bits per heavy atom. The summed E-state index contributed by atoms with van der Waals surface area (Å²) in [6, 6.07) is 8.65. The van der Waals surface area contributed by atoms with Crippen LogP contribution in [0.4, 0.5) is 0 Å². The van der Waals surface area contributed by atoms with Crippen molar-refractivity contribution in [3.8, 4) is 0 Å². The Morgan fingerprint density at radius 1 is 1.19 bits per heavy atom. The molecule has 27 heavy (non-hydrogen) atoms. The lowest BCUT2D eigenvalue weighted by Crippen LogP contribution is -2.49. The normalized spacial score (nSPS) is 16.6. The first-order valence-electron chi connectivity index (χ1n) is 9.52. The van der Waals surface area contributed by atoms with Gasteiger partial charge in [0.05, 0.1) is 5.75 Å². The SMILES string of the molecule is CCCS(=O)(=O)N1CCC(NC(=NC)NCc2ccccc2CC)CC1.I. The molecule has 0 radical (unpaired) electrons. The molecule has 0 aromatic heterocycles. The molecule has 0 spiro atoms. The van der Waals surface area contributed by atoms with Crippen molar-refractivity contribution in [2.24, 2.45) is 4.99 Å². The van der Waals surface area contributed by atoms with Gasteiger partial charge >= 0.3 is 0 Å². The zero-order chi connectivity index (χ0) is 19.0. The molecule has 1 fully saturated rings. The number of piperidine rings is 1. The van der Waals surface area contributed by atoms with Gasteiger partial charge in [0.2, 0.25) is 10.0 Å². The summed E-state index contributed by atoms with van der Waals surface area (Å²) in [5.74, 6) is 1.01. The molecule has 0 aliphatic carbocycles. The lowest BCUT2D eigenvalue weighted by molar-refractivity contribution is 0.306. The maximum absolute atomic E-state index is 12.2. The van der Waals surface area contributed by atoms with Crippen LogP contribution in [0.25, 0.3) is 0 Å². The predicted molar refractivity (Wildman–Crippen MR) is 123 cm³/mol. The number of aliphatic imine (C=N–C) groups is 1. The smallest absolute Gasteiger partial charge is 0.214 e. The third-order valence-corrected chi connectivity index (χ3v) is 6.90. The van der Waals surface area contributed by atoms with E-state index >= 15 is 0 Å². The highest BCUT2D eigenvalue weighted by molar-refractivity contribution is 14.0. The number of halogens is 1. The molecule has 8 heteroatoms. The molecule has 0 atom stereocenters. The summed E-state index contributed by atoms with van der Waals surface area (Å²) in [5, 5.41) is 6.81. The highest BCUT2D eigenvalue weighted by Gasteiger charge is 2.27. The molecule has 1 saturated heterocycles. The standard InChI is InChI=1S/C19H32N4O2S.HI/c1-4-14-26(24,25)23-12-10-18(11-13-23)22-19(20-3)21-15-17-9-7-6-8-16(17)5-2;/h6-9,18H,4-5,10-15H2,1-3H3,(H2,20,21,22);1H. The molecule has 0 amide bonds. The Kier molecular flexibility index (Phi) is 10.6. The number of benzene rings is 1. The predicted octanol–water partition coefficient (Wildman–Crippen LogP) is 2.74. The van der Waals surface area contributed by atoms with Crippen LogP contribution in [0.15, 0.2) is 29.3 Å². The van der Waals surface area contributed by atoms with E-state index in [1.807, 2.05) is 6.92 Å². The Balaban J connectivity index is 0.00000364. The number of hydrogen-bond donors (Lipinski definition) is 2. The van der Waals surface area contributed by atoms with Crippen LogP contribution in [0, 0.1) is 0 Å². The number of aryl methyl sites for hydroxylation is 1. The van der Waals surface area contributed by atoms with Crippen LogP contribution >= 0.6 is 24.0 Å². The minimum atomic E-state index is -3.09. The van der Waals surface area contributed by atoms with Crippen LogP contribution in [0.3, 0.4) is 0 Å². The maximum Gasteiger partial charge on any atom is 0.214 e. The largest absolute Gasteiger partial charge is 0.354 e. The summed E-state index contributed by atoms with van der Waals surface area (Å²) >= 11 is 0. The van der Waals surface area contributed by atoms with Crippen LogP contribution < -0.4 is 10.6 Å². The van der Waals surface area contributed by atoms with Crippen LogP contribution in [0.2, 0.25) is 0 Å². The molecule has 2 rings (SSSR count). The lowest BCUT2D eigenvalue weighted by Gasteiger charge is -2.32. The van der Waals surface area contributed by atoms with E-state index in [4.69, 9.17) is 0 Å². The molecule has 1 aromatic carbocycles. The van der Waals surface area contributed by atoms with Crippen molar-refractivity contribution in [2.75, 3.05) is 25.9 Å². The molecule has 0 unspecified atom stereocenters. The Hall–Kier alpha value is -0.870. The number of sulfonamides is 1. The summed E-state index contributed by atoms with van der Waals surface area (Å²) in [5.41, 5.74) is 2.61. The fourth-order valence-corrected chi connectivity index (χ4v) is 4.85. The van der Waals surface area contributed by atoms with Gasteiger partial charge < -0.3 is 10.6 Å². The van der Waals surface area contributed by atoms with Gasteiger partial charge in [-0.1, -0.05) is 38.1 Å². The van der Waals surface area contributed by atoms with Crippen LogP contribution in [0.5, 0.6) is 0 Å². The maximum atomic E-state index is 12.2. The summed E-state index contributed by atoms with van der Waals surface area (Å²) in [7, 11) is -1.32. The molecule has 1 heterocycles. The highest BCUT2D eigenvalue weighted by atomic mass is 127. The van der Waals surface area contributed by atoms with Gasteiger partial charge in [0.15, 0.2) is 5.96 Å². The van der Waals surface area contributed by atoms with E-state index < -0.39 is 10.0 Å². The molecule has 154 valence electrons. The Labute approximate surface area is 181 Å². The second kappa shape index (κ2) is 11.9. The van der Waals surface area contributed by atoms with Gasteiger partial charge in [-0.3, -0.25) is 4.99 Å². The third kappa shape index (κ3) is 7.23. The van der Waals surface area contributed by atoms with Gasteiger partial charge in [0, 0.05) is 32.7 Å². The van der Waals surface area contributed by atoms with Crippen molar-refractivity contribution in [2.45, 2.75) is 52.1 Å². The van der Waals surface area contributed by atoms with Gasteiger partial charge in [-0.25, -0.2) is 12.7 Å². The van der Waals surface area contributed by atoms with Gasteiger partial charge in [-0.15, -0.1) is 24.0 Å². The number of guanidine groups is 1. The Morgan fingerprint density at radius 3 is 2.37 bits per heavy atom. The first kappa shape index (κ1) is 24.2. The van der Waals surface area contributed by atoms with Gasteiger partial charge in [-0.2, -0.15) is 0 Å². The van der Waals surface area contributed by atoms with Crippen molar-refractivity contribution >= 4 is 40.0 Å². The minimum Gasteiger partial charge on any atom is -0.354 e. The summed E-state index contributed by atoms with van der Waals surface area (Å²) < 4.78 is 25.9. The molecule has 6 nitrogen and oxygen atoms in total. The average Bonchev–Trinajstić information content (AvgIpc) is 2.65. The summed E-state index contributed by atoms with van der Waals surface area (Å²) in [4.78, 5) is 4.31. The Bertz CT molecular complexity index is 701. The summed E-state index contributed by atoms with van der Waals surface area (Å²) in [6.45, 7) is 5.95. The average molecular weight is 508 g/mol. The van der Waals surface area contributed by atoms with Crippen molar-refractivity contribution in [3.63, 3.8) is 0 Å². The topological polar surface area (TPSA) is 73.8 Å². The van der Waals surface area contributed by atoms with E-state index in [1.165, 1.54) is 11.1 Å². The molecule has 1 aliphatic rings. The molecule has 0 saturated carbocycles. The molecule has 1 aromatic rings. The molecule has 1 aliphatic heterocycles. The van der Waals surface area contributed by atoms with Crippen molar-refractivity contribution in [1.29, 1.82) is 0 Å². The zero-order valence-electron chi connectivity index (χ0n) is 16.6. The monoisotopic (exact) mass is 508 g/mol. The van der Waals surface area contributed by atoms with E-state index in [-0.39, 0.29) is 35.8 Å². The van der Waals surface area contributed by atoms with Crippen molar-refractivity contribution < 1.29 is 8.42 Å². The fourth-order valence-electron chi connectivity index (χ4n) is 3.31. The number of nitrogens with zero attached hydrogens (tertiary/aromatic N) is 2. The van der Waals surface area contributed by atoms with E-state index in [0.717, 1.165) is 31.8 Å². The van der Waals surface area contributed by atoms with Crippen molar-refractivity contribution in [1.82, 2.24) is 14.9 Å². The van der Waals surface area contributed by atoms with Gasteiger partial charge in [-0.05, 0) is 36.8 Å². The number of rotatable bonds is 7. The van der Waals surface area contributed by atoms with Gasteiger partial charge in [0.1, 0.15) is 0 Å². The third-order valence-electron chi connectivity index (χ3n) is 4.82. The van der Waals surface area contributed by atoms with E-state index in [9.17, 15) is 8.42 Å². The lowest BCUT2D eigenvalue weighted by atomic mass is 10.1. The van der Waals surface area contributed by atoms with Crippen LogP contribution in [-0.4, -0.2) is 50.6 Å². The van der Waals surface area contributed by atoms with E-state index in [1.54, 1.807) is 11.4 Å². The minimum absolute atomic E-state index is 0.